The van der Waals surface area contributed by atoms with E-state index in [1.165, 1.54) is 6.92 Å². The number of hydrogen-bond donors (Lipinski definition) is 4. The number of primary amides is 1. The van der Waals surface area contributed by atoms with Crippen molar-refractivity contribution in [1.82, 2.24) is 30.3 Å². The molecule has 1 aromatic carbocycles. The average Bonchev–Trinajstić information content (AvgIpc) is 3.83. The van der Waals surface area contributed by atoms with Crippen LogP contribution in [0, 0.1) is 11.8 Å². The lowest BCUT2D eigenvalue weighted by atomic mass is 9.76. The Hall–Kier alpha value is -4.59. The third-order valence-corrected chi connectivity index (χ3v) is 13.0. The van der Waals surface area contributed by atoms with Crippen LogP contribution in [-0.2, 0) is 24.0 Å². The highest BCUT2D eigenvalue weighted by Crippen LogP contribution is 2.35. The molecule has 5 N–H and O–H groups in total. The van der Waals surface area contributed by atoms with Gasteiger partial charge in [0.15, 0.2) is 11.6 Å². The molecule has 14 heteroatoms. The lowest BCUT2D eigenvalue weighted by Crippen LogP contribution is -2.59. The zero-order chi connectivity index (χ0) is 40.8. The molecule has 310 valence electrons. The van der Waals surface area contributed by atoms with E-state index in [0.717, 1.165) is 51.4 Å². The van der Waals surface area contributed by atoms with Gasteiger partial charge in [0.1, 0.15) is 17.8 Å². The molecule has 57 heavy (non-hydrogen) atoms. The molecule has 1 saturated carbocycles. The average molecular weight is 788 g/mol. The predicted molar refractivity (Wildman–Crippen MR) is 215 cm³/mol. The van der Waals surface area contributed by atoms with Crippen molar-refractivity contribution in [2.24, 2.45) is 17.6 Å². The van der Waals surface area contributed by atoms with Gasteiger partial charge in [0.05, 0.1) is 6.04 Å². The number of nitrogens with zero attached hydrogens (tertiary/aromatic N) is 3. The second-order valence-electron chi connectivity index (χ2n) is 17.1. The largest absolute Gasteiger partial charge is 0.370 e. The number of nitrogens with two attached hydrogens (primary N) is 1. The number of Topliss-reactive ketones (excluding diaryl/α,β-unsaturated/α-hetero) is 2. The van der Waals surface area contributed by atoms with E-state index >= 15 is 0 Å². The Bertz CT molecular complexity index is 1830. The fourth-order valence-corrected chi connectivity index (χ4v) is 9.68. The molecule has 6 atom stereocenters. The van der Waals surface area contributed by atoms with E-state index in [4.69, 9.17) is 5.73 Å². The number of rotatable bonds is 14. The SMILES string of the molecule is CC(=O)c1ccc2[nH]c(C(=O)N[C@H]3CC[C@H](N(C)C)C[C@H]4CC[C@@H](C(=O)N[C@@H](CCC(N)=O)C(=O)C[C@H](C(=O)N5CCCCC5)C5CCCCC5)N4C3=O)cc2c1. The van der Waals surface area contributed by atoms with Gasteiger partial charge in [-0.15, -0.1) is 0 Å². The molecule has 4 fully saturated rings. The Kier molecular flexibility index (Phi) is 13.8. The van der Waals surface area contributed by atoms with E-state index in [2.05, 4.69) is 20.5 Å². The second-order valence-corrected chi connectivity index (χ2v) is 17.1. The molecule has 3 saturated heterocycles. The highest BCUT2D eigenvalue weighted by atomic mass is 16.2. The molecule has 14 nitrogen and oxygen atoms in total. The first-order chi connectivity index (χ1) is 27.3. The number of aromatic amines is 1. The maximum Gasteiger partial charge on any atom is 0.268 e. The second kappa shape index (κ2) is 18.8. The van der Waals surface area contributed by atoms with E-state index in [9.17, 15) is 33.6 Å². The van der Waals surface area contributed by atoms with Crippen LogP contribution in [0.25, 0.3) is 10.9 Å². The molecule has 2 aromatic rings. The zero-order valence-electron chi connectivity index (χ0n) is 33.9. The fraction of sp³-hybridized carbons (Fsp3) is 0.651. The monoisotopic (exact) mass is 787 g/mol. The molecule has 1 aliphatic carbocycles. The van der Waals surface area contributed by atoms with E-state index in [1.54, 1.807) is 29.2 Å². The molecule has 6 rings (SSSR count). The van der Waals surface area contributed by atoms with E-state index < -0.39 is 41.8 Å². The molecule has 0 spiro atoms. The van der Waals surface area contributed by atoms with Crippen LogP contribution >= 0.6 is 0 Å². The van der Waals surface area contributed by atoms with E-state index in [-0.39, 0.29) is 66.3 Å². The number of H-pyrrole nitrogens is 1. The standard InChI is InChI=1S/C43H61N7O7/c1-26(51)28-12-15-33-29(22-28)23-36(45-33)40(54)47-35-16-13-30(48(2)3)24-31-14-18-37(50(31)43(35)57)41(55)46-34(17-19-39(44)53)38(52)25-32(27-10-6-4-7-11-27)42(56)49-20-8-5-9-21-49/h12,15,22-23,27,30-32,34-35,37,45H,4-11,13-14,16-21,24-25H2,1-3H3,(H2,44,53)(H,46,55)(H,47,54)/t30-,31+,32-,34-,35-,37-/m0/s1. The van der Waals surface area contributed by atoms with E-state index in [0.29, 0.717) is 61.7 Å². The van der Waals surface area contributed by atoms with Gasteiger partial charge in [0, 0.05) is 60.4 Å². The van der Waals surface area contributed by atoms with Crippen molar-refractivity contribution >= 4 is 52.0 Å². The van der Waals surface area contributed by atoms with Gasteiger partial charge in [-0.2, -0.15) is 0 Å². The minimum absolute atomic E-state index is 0.000904. The number of hydrogen-bond acceptors (Lipinski definition) is 8. The predicted octanol–water partition coefficient (Wildman–Crippen LogP) is 3.86. The van der Waals surface area contributed by atoms with Crippen molar-refractivity contribution in [3.05, 3.63) is 35.5 Å². The van der Waals surface area contributed by atoms with Crippen molar-refractivity contribution in [2.75, 3.05) is 27.2 Å². The maximum atomic E-state index is 14.5. The Labute approximate surface area is 335 Å². The summed E-state index contributed by atoms with van der Waals surface area (Å²) in [6.45, 7) is 2.85. The Morgan fingerprint density at radius 3 is 2.32 bits per heavy atom. The zero-order valence-corrected chi connectivity index (χ0v) is 33.9. The van der Waals surface area contributed by atoms with Crippen molar-refractivity contribution < 1.29 is 33.6 Å². The van der Waals surface area contributed by atoms with E-state index in [1.807, 2.05) is 19.0 Å². The molecular formula is C43H61N7O7. The summed E-state index contributed by atoms with van der Waals surface area (Å²) < 4.78 is 0. The number of benzene rings is 1. The summed E-state index contributed by atoms with van der Waals surface area (Å²) in [5, 5.41) is 6.57. The molecule has 4 aliphatic rings. The van der Waals surface area contributed by atoms with Gasteiger partial charge in [-0.3, -0.25) is 33.6 Å². The van der Waals surface area contributed by atoms with Crippen LogP contribution < -0.4 is 16.4 Å². The van der Waals surface area contributed by atoms with Crippen molar-refractivity contribution in [3.63, 3.8) is 0 Å². The smallest absolute Gasteiger partial charge is 0.268 e. The third kappa shape index (κ3) is 10.1. The molecule has 0 bridgehead atoms. The number of amides is 5. The Balaban J connectivity index is 1.21. The van der Waals surface area contributed by atoms with Gasteiger partial charge in [-0.05, 0) is 122 Å². The van der Waals surface area contributed by atoms with Crippen LogP contribution in [0.1, 0.15) is 131 Å². The molecule has 4 heterocycles. The van der Waals surface area contributed by atoms with Gasteiger partial charge in [-0.25, -0.2) is 0 Å². The lowest BCUT2D eigenvalue weighted by molar-refractivity contribution is -0.144. The van der Waals surface area contributed by atoms with Gasteiger partial charge in [0.25, 0.3) is 5.91 Å². The van der Waals surface area contributed by atoms with Gasteiger partial charge < -0.3 is 36.1 Å². The van der Waals surface area contributed by atoms with Crippen LogP contribution in [0.15, 0.2) is 24.3 Å². The normalized spacial score (nSPS) is 24.3. The number of piperidine rings is 1. The molecular weight excluding hydrogens is 727 g/mol. The third-order valence-electron chi connectivity index (χ3n) is 13.0. The first kappa shape index (κ1) is 42.0. The summed E-state index contributed by atoms with van der Waals surface area (Å²) in [6.07, 6.45) is 10.3. The number of aromatic nitrogens is 1. The quantitative estimate of drug-likeness (QED) is 0.207. The van der Waals surface area contributed by atoms with Crippen molar-refractivity contribution in [3.8, 4) is 0 Å². The molecule has 0 radical (unpaired) electrons. The van der Waals surface area contributed by atoms with Crippen molar-refractivity contribution in [2.45, 2.75) is 140 Å². The first-order valence-corrected chi connectivity index (χ1v) is 21.1. The summed E-state index contributed by atoms with van der Waals surface area (Å²) in [5.41, 5.74) is 6.99. The molecule has 0 unspecified atom stereocenters. The summed E-state index contributed by atoms with van der Waals surface area (Å²) in [5.74, 6) is -2.71. The Morgan fingerprint density at radius 2 is 1.63 bits per heavy atom. The van der Waals surface area contributed by atoms with Gasteiger partial charge in [-0.1, -0.05) is 19.3 Å². The summed E-state index contributed by atoms with van der Waals surface area (Å²) >= 11 is 0. The number of nitrogens with one attached hydrogen (secondary N) is 3. The van der Waals surface area contributed by atoms with Gasteiger partial charge in [0.2, 0.25) is 23.6 Å². The minimum atomic E-state index is -1.05. The highest BCUT2D eigenvalue weighted by molar-refractivity contribution is 6.03. The molecule has 1 aromatic heterocycles. The maximum absolute atomic E-state index is 14.5. The first-order valence-electron chi connectivity index (χ1n) is 21.1. The van der Waals surface area contributed by atoms with Gasteiger partial charge >= 0.3 is 0 Å². The number of ketones is 2. The summed E-state index contributed by atoms with van der Waals surface area (Å²) in [4.78, 5) is 103. The molecule has 3 aliphatic heterocycles. The van der Waals surface area contributed by atoms with Crippen molar-refractivity contribution in [1.29, 1.82) is 0 Å². The van der Waals surface area contributed by atoms with Crippen LogP contribution in [0.4, 0.5) is 0 Å². The summed E-state index contributed by atoms with van der Waals surface area (Å²) in [6, 6.07) is 3.77. The topological polar surface area (TPSA) is 195 Å². The summed E-state index contributed by atoms with van der Waals surface area (Å²) in [7, 11) is 3.97. The fourth-order valence-electron chi connectivity index (χ4n) is 9.68. The Morgan fingerprint density at radius 1 is 0.912 bits per heavy atom. The number of carbonyl (C=O) groups is 7. The lowest BCUT2D eigenvalue weighted by Gasteiger charge is -2.39. The van der Waals surface area contributed by atoms with Crippen LogP contribution in [0.3, 0.4) is 0 Å². The van der Waals surface area contributed by atoms with Crippen LogP contribution in [-0.4, -0.2) is 118 Å². The number of fused-ring (bicyclic) bond motifs is 2. The van der Waals surface area contributed by atoms with Crippen LogP contribution in [0.5, 0.6) is 0 Å². The van der Waals surface area contributed by atoms with Crippen LogP contribution in [0.2, 0.25) is 0 Å². The number of likely N-dealkylation sites (tertiary alicyclic amines) is 1. The minimum Gasteiger partial charge on any atom is -0.370 e. The number of carbonyl (C=O) groups excluding carboxylic acids is 7. The molecule has 5 amide bonds. The highest BCUT2D eigenvalue weighted by Gasteiger charge is 2.46.